The van der Waals surface area contributed by atoms with Gasteiger partial charge in [-0.05, 0) is 24.6 Å². The first-order valence-corrected chi connectivity index (χ1v) is 9.84. The first-order chi connectivity index (χ1) is 13.5. The van der Waals surface area contributed by atoms with Crippen LogP contribution in [0.2, 0.25) is 5.02 Å². The first-order valence-electron chi connectivity index (χ1n) is 9.46. The van der Waals surface area contributed by atoms with E-state index in [1.807, 2.05) is 0 Å². The van der Waals surface area contributed by atoms with Gasteiger partial charge in [0.15, 0.2) is 0 Å². The van der Waals surface area contributed by atoms with Crippen molar-refractivity contribution in [3.8, 4) is 0 Å². The van der Waals surface area contributed by atoms with E-state index in [1.54, 1.807) is 24.3 Å². The number of amides is 4. The van der Waals surface area contributed by atoms with E-state index in [9.17, 15) is 14.4 Å². The van der Waals surface area contributed by atoms with E-state index in [2.05, 4.69) is 15.5 Å². The fourth-order valence-corrected chi connectivity index (χ4v) is 3.47. The average Bonchev–Trinajstić information content (AvgIpc) is 2.95. The van der Waals surface area contributed by atoms with E-state index in [-0.39, 0.29) is 18.9 Å². The smallest absolute Gasteiger partial charge is 0.325 e. The minimum absolute atomic E-state index is 0.0683. The Balaban J connectivity index is 1.41. The summed E-state index contributed by atoms with van der Waals surface area (Å²) in [7, 11) is 0. The molecule has 9 heteroatoms. The highest BCUT2D eigenvalue weighted by Crippen LogP contribution is 2.20. The number of hydrogen-bond donors (Lipinski definition) is 2. The molecule has 0 aromatic heterocycles. The third kappa shape index (κ3) is 5.43. The molecule has 1 aromatic rings. The molecule has 1 atom stereocenters. The Bertz CT molecular complexity index is 724. The Kier molecular flexibility index (Phi) is 7.24. The molecule has 2 aliphatic heterocycles. The molecule has 152 valence electrons. The molecule has 0 radical (unpaired) electrons. The van der Waals surface area contributed by atoms with Gasteiger partial charge in [-0.25, -0.2) is 4.79 Å². The van der Waals surface area contributed by atoms with Gasteiger partial charge in [-0.2, -0.15) is 0 Å². The minimum Gasteiger partial charge on any atom is -0.379 e. The molecule has 2 saturated heterocycles. The SMILES string of the molecule is O=C(C[C@H]1NC(=O)N(Cc2ccccc2Cl)C1=O)NCCCN1CCOCC1. The third-order valence-electron chi connectivity index (χ3n) is 4.86. The van der Waals surface area contributed by atoms with Crippen molar-refractivity contribution in [2.24, 2.45) is 0 Å². The molecule has 0 bridgehead atoms. The van der Waals surface area contributed by atoms with Crippen LogP contribution in [0, 0.1) is 0 Å². The molecule has 0 unspecified atom stereocenters. The number of ether oxygens (including phenoxy) is 1. The molecule has 0 aliphatic carbocycles. The summed E-state index contributed by atoms with van der Waals surface area (Å²) in [6.45, 7) is 4.85. The molecule has 0 spiro atoms. The number of carbonyl (C=O) groups is 3. The van der Waals surface area contributed by atoms with Gasteiger partial charge in [0.05, 0.1) is 26.2 Å². The summed E-state index contributed by atoms with van der Waals surface area (Å²) in [5, 5.41) is 5.89. The number of carbonyl (C=O) groups excluding carboxylic acids is 3. The Hall–Kier alpha value is -2.16. The second-order valence-corrected chi connectivity index (χ2v) is 7.29. The zero-order valence-corrected chi connectivity index (χ0v) is 16.4. The molecule has 2 fully saturated rings. The number of hydrogen-bond acceptors (Lipinski definition) is 5. The largest absolute Gasteiger partial charge is 0.379 e. The standard InChI is InChI=1S/C19H25ClN4O4/c20-15-5-2-1-4-14(15)13-24-18(26)16(22-19(24)27)12-17(25)21-6-3-7-23-8-10-28-11-9-23/h1-2,4-5,16H,3,6-13H2,(H,21,25)(H,22,27)/t16-/m1/s1. The first kappa shape index (κ1) is 20.6. The number of urea groups is 1. The van der Waals surface area contributed by atoms with Crippen molar-refractivity contribution >= 4 is 29.4 Å². The summed E-state index contributed by atoms with van der Waals surface area (Å²) in [5.41, 5.74) is 0.681. The van der Waals surface area contributed by atoms with Crippen molar-refractivity contribution in [1.82, 2.24) is 20.4 Å². The molecule has 2 N–H and O–H groups in total. The Morgan fingerprint density at radius 2 is 2.00 bits per heavy atom. The number of halogens is 1. The Morgan fingerprint density at radius 1 is 1.25 bits per heavy atom. The van der Waals surface area contributed by atoms with Crippen LogP contribution in [0.25, 0.3) is 0 Å². The molecular weight excluding hydrogens is 384 g/mol. The van der Waals surface area contributed by atoms with Gasteiger partial charge in [-0.3, -0.25) is 19.4 Å². The van der Waals surface area contributed by atoms with Crippen LogP contribution in [-0.2, 0) is 20.9 Å². The van der Waals surface area contributed by atoms with Gasteiger partial charge in [0.1, 0.15) is 6.04 Å². The highest BCUT2D eigenvalue weighted by Gasteiger charge is 2.39. The number of imide groups is 1. The van der Waals surface area contributed by atoms with Gasteiger partial charge in [0.25, 0.3) is 5.91 Å². The van der Waals surface area contributed by atoms with Crippen LogP contribution in [0.3, 0.4) is 0 Å². The number of nitrogens with one attached hydrogen (secondary N) is 2. The average molecular weight is 409 g/mol. The maximum Gasteiger partial charge on any atom is 0.325 e. The molecule has 28 heavy (non-hydrogen) atoms. The van der Waals surface area contributed by atoms with Gasteiger partial charge in [0.2, 0.25) is 5.91 Å². The molecule has 4 amide bonds. The number of morpholine rings is 1. The van der Waals surface area contributed by atoms with E-state index in [0.29, 0.717) is 17.1 Å². The van der Waals surface area contributed by atoms with Crippen molar-refractivity contribution in [3.63, 3.8) is 0 Å². The minimum atomic E-state index is -0.839. The van der Waals surface area contributed by atoms with E-state index in [1.165, 1.54) is 0 Å². The van der Waals surface area contributed by atoms with Crippen molar-refractivity contribution in [3.05, 3.63) is 34.9 Å². The quantitative estimate of drug-likeness (QED) is 0.494. The molecule has 3 rings (SSSR count). The van der Waals surface area contributed by atoms with Crippen molar-refractivity contribution < 1.29 is 19.1 Å². The maximum absolute atomic E-state index is 12.5. The van der Waals surface area contributed by atoms with Gasteiger partial charge >= 0.3 is 6.03 Å². The van der Waals surface area contributed by atoms with E-state index in [4.69, 9.17) is 16.3 Å². The molecule has 1 aromatic carbocycles. The number of nitrogens with zero attached hydrogens (tertiary/aromatic N) is 2. The van der Waals surface area contributed by atoms with Crippen LogP contribution < -0.4 is 10.6 Å². The lowest BCUT2D eigenvalue weighted by molar-refractivity contribution is -0.131. The zero-order chi connectivity index (χ0) is 19.9. The van der Waals surface area contributed by atoms with Crippen LogP contribution in [0.5, 0.6) is 0 Å². The normalized spacial score (nSPS) is 20.3. The lowest BCUT2D eigenvalue weighted by atomic mass is 10.1. The highest BCUT2D eigenvalue weighted by molar-refractivity contribution is 6.31. The number of benzene rings is 1. The Labute approximate surface area is 169 Å². The maximum atomic E-state index is 12.5. The lowest BCUT2D eigenvalue weighted by Gasteiger charge is -2.26. The monoisotopic (exact) mass is 408 g/mol. The highest BCUT2D eigenvalue weighted by atomic mass is 35.5. The van der Waals surface area contributed by atoms with Gasteiger partial charge in [-0.15, -0.1) is 0 Å². The summed E-state index contributed by atoms with van der Waals surface area (Å²) in [6, 6.07) is 5.70. The zero-order valence-electron chi connectivity index (χ0n) is 15.7. The van der Waals surface area contributed by atoms with Crippen molar-refractivity contribution in [2.75, 3.05) is 39.4 Å². The van der Waals surface area contributed by atoms with Crippen molar-refractivity contribution in [1.29, 1.82) is 0 Å². The van der Waals surface area contributed by atoms with E-state index < -0.39 is 18.0 Å². The third-order valence-corrected chi connectivity index (χ3v) is 5.23. The summed E-state index contributed by atoms with van der Waals surface area (Å²) in [5.74, 6) is -0.659. The van der Waals surface area contributed by atoms with Crippen LogP contribution >= 0.6 is 11.6 Å². The second kappa shape index (κ2) is 9.86. The van der Waals surface area contributed by atoms with E-state index >= 15 is 0 Å². The molecular formula is C19H25ClN4O4. The predicted molar refractivity (Wildman–Crippen MR) is 104 cm³/mol. The molecule has 0 saturated carbocycles. The van der Waals surface area contributed by atoms with Crippen molar-refractivity contribution in [2.45, 2.75) is 25.4 Å². The van der Waals surface area contributed by atoms with Crippen LogP contribution in [0.15, 0.2) is 24.3 Å². The van der Waals surface area contributed by atoms with Gasteiger partial charge < -0.3 is 15.4 Å². The van der Waals surface area contributed by atoms with Crippen LogP contribution in [0.4, 0.5) is 4.79 Å². The molecule has 2 aliphatic rings. The molecule has 2 heterocycles. The molecule has 8 nitrogen and oxygen atoms in total. The van der Waals surface area contributed by atoms with Crippen LogP contribution in [0.1, 0.15) is 18.4 Å². The van der Waals surface area contributed by atoms with Crippen LogP contribution in [-0.4, -0.2) is 73.1 Å². The summed E-state index contributed by atoms with van der Waals surface area (Å²) < 4.78 is 5.30. The number of rotatable bonds is 8. The summed E-state index contributed by atoms with van der Waals surface area (Å²) >= 11 is 6.10. The second-order valence-electron chi connectivity index (χ2n) is 6.88. The van der Waals surface area contributed by atoms with Gasteiger partial charge in [-0.1, -0.05) is 29.8 Å². The fourth-order valence-electron chi connectivity index (χ4n) is 3.27. The summed E-state index contributed by atoms with van der Waals surface area (Å²) in [4.78, 5) is 40.2. The topological polar surface area (TPSA) is 91.0 Å². The summed E-state index contributed by atoms with van der Waals surface area (Å²) in [6.07, 6.45) is 0.760. The van der Waals surface area contributed by atoms with E-state index in [0.717, 1.165) is 44.2 Å². The predicted octanol–water partition coefficient (Wildman–Crippen LogP) is 0.989. The van der Waals surface area contributed by atoms with Gasteiger partial charge in [0, 0.05) is 24.7 Å². The Morgan fingerprint density at radius 3 is 2.75 bits per heavy atom. The lowest BCUT2D eigenvalue weighted by Crippen LogP contribution is -2.39. The fraction of sp³-hybridized carbons (Fsp3) is 0.526.